The van der Waals surface area contributed by atoms with Gasteiger partial charge in [0, 0.05) is 17.8 Å². The molecule has 0 aliphatic heterocycles. The first-order valence-electron chi connectivity index (χ1n) is 5.64. The van der Waals surface area contributed by atoms with E-state index in [4.69, 9.17) is 9.84 Å². The molecule has 0 atom stereocenters. The summed E-state index contributed by atoms with van der Waals surface area (Å²) in [5.74, 6) is -2.44. The summed E-state index contributed by atoms with van der Waals surface area (Å²) >= 11 is 0. The molecule has 0 aliphatic carbocycles. The van der Waals surface area contributed by atoms with Crippen LogP contribution < -0.4 is 10.1 Å². The van der Waals surface area contributed by atoms with Gasteiger partial charge < -0.3 is 15.2 Å². The first-order valence-corrected chi connectivity index (χ1v) is 5.64. The largest absolute Gasteiger partial charge is 0.508 e. The molecule has 0 bridgehead atoms. The molecule has 0 aliphatic rings. The molecule has 0 fully saturated rings. The molecule has 2 aromatic carbocycles. The predicted octanol–water partition coefficient (Wildman–Crippen LogP) is 2.93. The molecular weight excluding hydrogens is 268 g/mol. The number of rotatable bonds is 3. The van der Waals surface area contributed by atoms with Crippen molar-refractivity contribution < 1.29 is 23.4 Å². The monoisotopic (exact) mass is 279 g/mol. The number of carbonyl (C=O) groups is 1. The van der Waals surface area contributed by atoms with E-state index in [9.17, 15) is 13.6 Å². The molecule has 0 saturated heterocycles. The van der Waals surface area contributed by atoms with Crippen LogP contribution >= 0.6 is 0 Å². The highest BCUT2D eigenvalue weighted by Crippen LogP contribution is 2.22. The molecular formula is C14H11F2NO3. The maximum Gasteiger partial charge on any atom is 0.258 e. The standard InChI is InChI=1S/C14H11F2NO3/c1-20-13-6-8(2-5-11(13)15)17-14(19)10-4-3-9(18)7-12(10)16/h2-7,18H,1H3,(H,17,19). The molecule has 104 valence electrons. The van der Waals surface area contributed by atoms with Crippen LogP contribution in [0.2, 0.25) is 0 Å². The third-order valence-electron chi connectivity index (χ3n) is 2.61. The lowest BCUT2D eigenvalue weighted by atomic mass is 10.2. The smallest absolute Gasteiger partial charge is 0.258 e. The lowest BCUT2D eigenvalue weighted by Gasteiger charge is -2.08. The molecule has 0 aromatic heterocycles. The summed E-state index contributed by atoms with van der Waals surface area (Å²) < 4.78 is 31.5. The molecule has 0 saturated carbocycles. The summed E-state index contributed by atoms with van der Waals surface area (Å²) in [6.45, 7) is 0. The zero-order valence-electron chi connectivity index (χ0n) is 10.5. The van der Waals surface area contributed by atoms with E-state index in [1.807, 2.05) is 0 Å². The summed E-state index contributed by atoms with van der Waals surface area (Å²) in [4.78, 5) is 11.9. The minimum atomic E-state index is -0.850. The van der Waals surface area contributed by atoms with E-state index in [2.05, 4.69) is 5.32 Å². The summed E-state index contributed by atoms with van der Waals surface area (Å²) in [6, 6.07) is 6.92. The number of hydrogen-bond donors (Lipinski definition) is 2. The highest BCUT2D eigenvalue weighted by atomic mass is 19.1. The van der Waals surface area contributed by atoms with Crippen LogP contribution in [0, 0.1) is 11.6 Å². The Morgan fingerprint density at radius 2 is 1.90 bits per heavy atom. The second kappa shape index (κ2) is 5.56. The highest BCUT2D eigenvalue weighted by Gasteiger charge is 2.13. The fraction of sp³-hybridized carbons (Fsp3) is 0.0714. The van der Waals surface area contributed by atoms with Crippen molar-refractivity contribution in [2.45, 2.75) is 0 Å². The van der Waals surface area contributed by atoms with Crippen LogP contribution in [0.4, 0.5) is 14.5 Å². The number of phenolic OH excluding ortho intramolecular Hbond substituents is 1. The van der Waals surface area contributed by atoms with Crippen molar-refractivity contribution in [3.8, 4) is 11.5 Å². The molecule has 0 heterocycles. The van der Waals surface area contributed by atoms with Crippen molar-refractivity contribution >= 4 is 11.6 Å². The minimum Gasteiger partial charge on any atom is -0.508 e. The zero-order valence-corrected chi connectivity index (χ0v) is 10.5. The van der Waals surface area contributed by atoms with E-state index in [0.717, 1.165) is 18.2 Å². The van der Waals surface area contributed by atoms with Crippen LogP contribution in [0.15, 0.2) is 36.4 Å². The van der Waals surface area contributed by atoms with Crippen molar-refractivity contribution in [3.63, 3.8) is 0 Å². The van der Waals surface area contributed by atoms with Crippen LogP contribution in [0.5, 0.6) is 11.5 Å². The van der Waals surface area contributed by atoms with E-state index >= 15 is 0 Å². The first-order chi connectivity index (χ1) is 9.51. The number of halogens is 2. The van der Waals surface area contributed by atoms with Gasteiger partial charge in [0.25, 0.3) is 5.91 Å². The number of ether oxygens (including phenoxy) is 1. The van der Waals surface area contributed by atoms with E-state index in [1.165, 1.54) is 25.3 Å². The van der Waals surface area contributed by atoms with E-state index in [0.29, 0.717) is 0 Å². The number of aromatic hydroxyl groups is 1. The Labute approximate surface area is 113 Å². The molecule has 1 amide bonds. The van der Waals surface area contributed by atoms with Crippen LogP contribution in [-0.4, -0.2) is 18.1 Å². The molecule has 20 heavy (non-hydrogen) atoms. The molecule has 6 heteroatoms. The third-order valence-corrected chi connectivity index (χ3v) is 2.61. The number of hydrogen-bond acceptors (Lipinski definition) is 3. The first kappa shape index (κ1) is 13.8. The van der Waals surface area contributed by atoms with Crippen LogP contribution in [-0.2, 0) is 0 Å². The Balaban J connectivity index is 2.23. The number of nitrogens with one attached hydrogen (secondary N) is 1. The summed E-state index contributed by atoms with van der Waals surface area (Å²) in [6.07, 6.45) is 0. The van der Waals surface area contributed by atoms with Crippen molar-refractivity contribution in [2.75, 3.05) is 12.4 Å². The molecule has 2 rings (SSSR count). The molecule has 2 N–H and O–H groups in total. The fourth-order valence-electron chi connectivity index (χ4n) is 1.62. The van der Waals surface area contributed by atoms with Gasteiger partial charge in [-0.25, -0.2) is 8.78 Å². The Morgan fingerprint density at radius 1 is 1.15 bits per heavy atom. The van der Waals surface area contributed by atoms with Crippen molar-refractivity contribution in [2.24, 2.45) is 0 Å². The number of benzene rings is 2. The van der Waals surface area contributed by atoms with Crippen molar-refractivity contribution in [1.29, 1.82) is 0 Å². The van der Waals surface area contributed by atoms with Crippen molar-refractivity contribution in [3.05, 3.63) is 53.6 Å². The summed E-state index contributed by atoms with van der Waals surface area (Å²) in [5.41, 5.74) is 0.0341. The van der Waals surface area contributed by atoms with Gasteiger partial charge in [0.05, 0.1) is 12.7 Å². The average Bonchev–Trinajstić information content (AvgIpc) is 2.40. The maximum absolute atomic E-state index is 13.5. The summed E-state index contributed by atoms with van der Waals surface area (Å²) in [5, 5.41) is 11.5. The van der Waals surface area contributed by atoms with Gasteiger partial charge in [0.15, 0.2) is 11.6 Å². The fourth-order valence-corrected chi connectivity index (χ4v) is 1.62. The predicted molar refractivity (Wildman–Crippen MR) is 69.0 cm³/mol. The van der Waals surface area contributed by atoms with E-state index in [1.54, 1.807) is 0 Å². The molecule has 2 aromatic rings. The quantitative estimate of drug-likeness (QED) is 0.908. The summed E-state index contributed by atoms with van der Waals surface area (Å²) in [7, 11) is 1.30. The number of carbonyl (C=O) groups excluding carboxylic acids is 1. The van der Waals surface area contributed by atoms with E-state index in [-0.39, 0.29) is 22.7 Å². The second-order valence-corrected chi connectivity index (χ2v) is 3.97. The van der Waals surface area contributed by atoms with Gasteiger partial charge in [-0.3, -0.25) is 4.79 Å². The SMILES string of the molecule is COc1cc(NC(=O)c2ccc(O)cc2F)ccc1F. The lowest BCUT2D eigenvalue weighted by molar-refractivity contribution is 0.102. The van der Waals surface area contributed by atoms with Gasteiger partial charge in [-0.05, 0) is 24.3 Å². The van der Waals surface area contributed by atoms with Crippen LogP contribution in [0.25, 0.3) is 0 Å². The number of methoxy groups -OCH3 is 1. The van der Waals surface area contributed by atoms with Crippen LogP contribution in [0.3, 0.4) is 0 Å². The van der Waals surface area contributed by atoms with Crippen molar-refractivity contribution in [1.82, 2.24) is 0 Å². The number of amides is 1. The Hall–Kier alpha value is -2.63. The number of phenols is 1. The van der Waals surface area contributed by atoms with Gasteiger partial charge in [-0.1, -0.05) is 0 Å². The molecule has 0 radical (unpaired) electrons. The topological polar surface area (TPSA) is 58.6 Å². The zero-order chi connectivity index (χ0) is 14.7. The normalized spacial score (nSPS) is 10.2. The van der Waals surface area contributed by atoms with Gasteiger partial charge in [0.2, 0.25) is 0 Å². The lowest BCUT2D eigenvalue weighted by Crippen LogP contribution is -2.13. The van der Waals surface area contributed by atoms with Gasteiger partial charge >= 0.3 is 0 Å². The minimum absolute atomic E-state index is 0.0334. The van der Waals surface area contributed by atoms with Crippen LogP contribution in [0.1, 0.15) is 10.4 Å². The second-order valence-electron chi connectivity index (χ2n) is 3.97. The number of anilines is 1. The Kier molecular flexibility index (Phi) is 3.84. The third kappa shape index (κ3) is 2.85. The molecule has 0 unspecified atom stereocenters. The molecule has 0 spiro atoms. The van der Waals surface area contributed by atoms with Gasteiger partial charge in [-0.2, -0.15) is 0 Å². The Bertz CT molecular complexity index is 659. The van der Waals surface area contributed by atoms with E-state index < -0.39 is 17.5 Å². The van der Waals surface area contributed by atoms with Gasteiger partial charge in [0.1, 0.15) is 11.6 Å². The molecule has 4 nitrogen and oxygen atoms in total. The average molecular weight is 279 g/mol. The highest BCUT2D eigenvalue weighted by molar-refractivity contribution is 6.04. The Morgan fingerprint density at radius 3 is 2.55 bits per heavy atom. The van der Waals surface area contributed by atoms with Gasteiger partial charge in [-0.15, -0.1) is 0 Å². The maximum atomic E-state index is 13.5.